The summed E-state index contributed by atoms with van der Waals surface area (Å²) in [5, 5.41) is 0.377. The van der Waals surface area contributed by atoms with Gasteiger partial charge in [-0.25, -0.2) is 0 Å². The normalized spacial score (nSPS) is 10.3. The molecule has 0 unspecified atom stereocenters. The lowest BCUT2D eigenvalue weighted by molar-refractivity contribution is 0.0911. The highest BCUT2D eigenvalue weighted by molar-refractivity contribution is 6.31. The molecule has 5 heteroatoms. The Morgan fingerprint density at radius 2 is 1.82 bits per heavy atom. The summed E-state index contributed by atoms with van der Waals surface area (Å²) < 4.78 is 5.45. The first-order valence-electron chi connectivity index (χ1n) is 6.71. The first-order valence-corrected chi connectivity index (χ1v) is 7.09. The number of nitrogens with two attached hydrogens (primary N) is 1. The molecule has 2 N–H and O–H groups in total. The molecule has 0 aliphatic carbocycles. The molecule has 0 bridgehead atoms. The molecule has 0 aliphatic rings. The van der Waals surface area contributed by atoms with Gasteiger partial charge in [-0.05, 0) is 37.6 Å². The van der Waals surface area contributed by atoms with Crippen LogP contribution in [0, 0.1) is 13.8 Å². The first-order chi connectivity index (χ1) is 10.4. The van der Waals surface area contributed by atoms with E-state index >= 15 is 0 Å². The van der Waals surface area contributed by atoms with Crippen LogP contribution in [0.2, 0.25) is 5.02 Å². The van der Waals surface area contributed by atoms with E-state index in [1.54, 1.807) is 12.1 Å². The Bertz CT molecular complexity index is 741. The fourth-order valence-corrected chi connectivity index (χ4v) is 2.34. The van der Waals surface area contributed by atoms with Crippen molar-refractivity contribution in [1.29, 1.82) is 0 Å². The largest absolute Gasteiger partial charge is 0.485 e. The van der Waals surface area contributed by atoms with Crippen LogP contribution in [0.3, 0.4) is 0 Å². The number of carbonyl (C=O) groups excluding carboxylic acids is 2. The Hall–Kier alpha value is -2.33. The number of aryl methyl sites for hydroxylation is 2. The first kappa shape index (κ1) is 16.0. The van der Waals surface area contributed by atoms with Crippen LogP contribution in [-0.2, 0) is 0 Å². The van der Waals surface area contributed by atoms with Crippen LogP contribution in [-0.4, -0.2) is 18.3 Å². The van der Waals surface area contributed by atoms with E-state index in [0.29, 0.717) is 10.6 Å². The summed E-state index contributed by atoms with van der Waals surface area (Å²) in [4.78, 5) is 23.6. The number of halogens is 1. The zero-order chi connectivity index (χ0) is 16.3. The molecule has 0 aromatic heterocycles. The van der Waals surface area contributed by atoms with E-state index in [0.717, 1.165) is 11.1 Å². The van der Waals surface area contributed by atoms with Gasteiger partial charge in [0, 0.05) is 10.6 Å². The van der Waals surface area contributed by atoms with Crippen molar-refractivity contribution < 1.29 is 14.3 Å². The number of benzene rings is 2. The van der Waals surface area contributed by atoms with Crippen molar-refractivity contribution in [3.63, 3.8) is 0 Å². The molecule has 2 rings (SSSR count). The second kappa shape index (κ2) is 6.62. The van der Waals surface area contributed by atoms with Crippen LogP contribution < -0.4 is 10.5 Å². The minimum absolute atomic E-state index is 0.154. The van der Waals surface area contributed by atoms with Gasteiger partial charge in [-0.1, -0.05) is 35.4 Å². The molecule has 0 fully saturated rings. The fraction of sp³-hybridized carbons (Fsp3) is 0.176. The lowest BCUT2D eigenvalue weighted by atomic mass is 10.0. The number of hydrogen-bond donors (Lipinski definition) is 1. The predicted molar refractivity (Wildman–Crippen MR) is 85.7 cm³/mol. The van der Waals surface area contributed by atoms with E-state index in [1.807, 2.05) is 26.0 Å². The molecule has 2 aromatic rings. The monoisotopic (exact) mass is 317 g/mol. The van der Waals surface area contributed by atoms with Crippen LogP contribution in [0.15, 0.2) is 36.4 Å². The number of amides is 1. The quantitative estimate of drug-likeness (QED) is 0.860. The standard InChI is InChI=1S/C17H16ClNO3/c1-10-3-5-13(11(2)7-10)15(20)9-22-16-6-4-12(18)8-14(16)17(19)21/h3-8H,9H2,1-2H3,(H2,19,21). The van der Waals surface area contributed by atoms with Crippen molar-refractivity contribution in [2.45, 2.75) is 13.8 Å². The van der Waals surface area contributed by atoms with Gasteiger partial charge in [0.1, 0.15) is 5.75 Å². The Balaban J connectivity index is 2.16. The van der Waals surface area contributed by atoms with Gasteiger partial charge < -0.3 is 10.5 Å². The van der Waals surface area contributed by atoms with Gasteiger partial charge in [-0.15, -0.1) is 0 Å². The molecule has 0 aliphatic heterocycles. The lowest BCUT2D eigenvalue weighted by Crippen LogP contribution is -2.17. The maximum absolute atomic E-state index is 12.2. The second-order valence-electron chi connectivity index (χ2n) is 5.03. The fourth-order valence-electron chi connectivity index (χ4n) is 2.17. The van der Waals surface area contributed by atoms with Gasteiger partial charge in [0.2, 0.25) is 0 Å². The molecule has 114 valence electrons. The molecule has 1 amide bonds. The number of rotatable bonds is 5. The highest BCUT2D eigenvalue weighted by atomic mass is 35.5. The summed E-state index contributed by atoms with van der Waals surface area (Å²) in [5.41, 5.74) is 8.01. The molecule has 22 heavy (non-hydrogen) atoms. The third-order valence-electron chi connectivity index (χ3n) is 3.25. The third-order valence-corrected chi connectivity index (χ3v) is 3.48. The number of ketones is 1. The van der Waals surface area contributed by atoms with Gasteiger partial charge in [-0.2, -0.15) is 0 Å². The molecular weight excluding hydrogens is 302 g/mol. The third kappa shape index (κ3) is 3.65. The molecule has 0 saturated carbocycles. The van der Waals surface area contributed by atoms with E-state index in [1.165, 1.54) is 12.1 Å². The maximum Gasteiger partial charge on any atom is 0.252 e. The number of Topliss-reactive ketones (excluding diaryl/α,β-unsaturated/α-hetero) is 1. The summed E-state index contributed by atoms with van der Waals surface area (Å²) in [6.45, 7) is 3.66. The smallest absolute Gasteiger partial charge is 0.252 e. The number of carbonyl (C=O) groups is 2. The van der Waals surface area contributed by atoms with E-state index < -0.39 is 5.91 Å². The lowest BCUT2D eigenvalue weighted by Gasteiger charge is -2.10. The molecule has 0 radical (unpaired) electrons. The zero-order valence-electron chi connectivity index (χ0n) is 12.4. The summed E-state index contributed by atoms with van der Waals surface area (Å²) >= 11 is 5.82. The molecule has 0 atom stereocenters. The molecule has 4 nitrogen and oxygen atoms in total. The SMILES string of the molecule is Cc1ccc(C(=O)COc2ccc(Cl)cc2C(N)=O)c(C)c1. The molecule has 0 spiro atoms. The zero-order valence-corrected chi connectivity index (χ0v) is 13.1. The van der Waals surface area contributed by atoms with Gasteiger partial charge in [0.15, 0.2) is 12.4 Å². The molecule has 2 aromatic carbocycles. The van der Waals surface area contributed by atoms with Gasteiger partial charge in [-0.3, -0.25) is 9.59 Å². The van der Waals surface area contributed by atoms with E-state index in [-0.39, 0.29) is 23.7 Å². The van der Waals surface area contributed by atoms with E-state index in [2.05, 4.69) is 0 Å². The average Bonchev–Trinajstić information content (AvgIpc) is 2.45. The van der Waals surface area contributed by atoms with Crippen molar-refractivity contribution >= 4 is 23.3 Å². The van der Waals surface area contributed by atoms with E-state index in [9.17, 15) is 9.59 Å². The van der Waals surface area contributed by atoms with Gasteiger partial charge in [0.25, 0.3) is 5.91 Å². The predicted octanol–water partition coefficient (Wildman–Crippen LogP) is 3.32. The van der Waals surface area contributed by atoms with Crippen molar-refractivity contribution in [3.05, 3.63) is 63.7 Å². The number of primary amides is 1. The Morgan fingerprint density at radius 1 is 1.09 bits per heavy atom. The van der Waals surface area contributed by atoms with Crippen molar-refractivity contribution in [2.75, 3.05) is 6.61 Å². The molecule has 0 heterocycles. The summed E-state index contributed by atoms with van der Waals surface area (Å²) in [6.07, 6.45) is 0. The van der Waals surface area contributed by atoms with Crippen LogP contribution in [0.25, 0.3) is 0 Å². The van der Waals surface area contributed by atoms with Crippen LogP contribution in [0.5, 0.6) is 5.75 Å². The van der Waals surface area contributed by atoms with Crippen molar-refractivity contribution in [3.8, 4) is 5.75 Å². The minimum atomic E-state index is -0.656. The highest BCUT2D eigenvalue weighted by Gasteiger charge is 2.14. The van der Waals surface area contributed by atoms with E-state index in [4.69, 9.17) is 22.1 Å². The van der Waals surface area contributed by atoms with Gasteiger partial charge >= 0.3 is 0 Å². The molecular formula is C17H16ClNO3. The summed E-state index contributed by atoms with van der Waals surface area (Å²) in [7, 11) is 0. The Morgan fingerprint density at radius 3 is 2.45 bits per heavy atom. The summed E-state index contributed by atoms with van der Waals surface area (Å²) in [6, 6.07) is 10.1. The number of ether oxygens (including phenoxy) is 1. The Kier molecular flexibility index (Phi) is 4.83. The Labute approximate surface area is 133 Å². The highest BCUT2D eigenvalue weighted by Crippen LogP contribution is 2.23. The topological polar surface area (TPSA) is 69.4 Å². The van der Waals surface area contributed by atoms with Crippen LogP contribution >= 0.6 is 11.6 Å². The van der Waals surface area contributed by atoms with Crippen LogP contribution in [0.1, 0.15) is 31.8 Å². The number of hydrogen-bond acceptors (Lipinski definition) is 3. The maximum atomic E-state index is 12.2. The molecule has 0 saturated heterocycles. The van der Waals surface area contributed by atoms with Crippen LogP contribution in [0.4, 0.5) is 0 Å². The van der Waals surface area contributed by atoms with Gasteiger partial charge in [0.05, 0.1) is 5.56 Å². The average molecular weight is 318 g/mol. The minimum Gasteiger partial charge on any atom is -0.485 e. The second-order valence-corrected chi connectivity index (χ2v) is 5.47. The van der Waals surface area contributed by atoms with Crippen molar-refractivity contribution in [2.24, 2.45) is 5.73 Å². The van der Waals surface area contributed by atoms with Crippen molar-refractivity contribution in [1.82, 2.24) is 0 Å². The summed E-state index contributed by atoms with van der Waals surface area (Å²) in [5.74, 6) is -0.575.